The molecule has 0 aliphatic rings. The topological polar surface area (TPSA) is 29.9 Å². The molecular weight excluding hydrogens is 234 g/mol. The predicted octanol–water partition coefficient (Wildman–Crippen LogP) is 2.85. The third-order valence-electron chi connectivity index (χ3n) is 3.70. The molecule has 1 heterocycles. The normalized spacial score (nSPS) is 12.7. The molecular formula is C16H23N3. The summed E-state index contributed by atoms with van der Waals surface area (Å²) in [5.74, 6) is 0. The van der Waals surface area contributed by atoms with Crippen molar-refractivity contribution >= 4 is 0 Å². The summed E-state index contributed by atoms with van der Waals surface area (Å²) in [5.41, 5.74) is 6.46. The number of nitrogens with zero attached hydrogens (tertiary/aromatic N) is 2. The van der Waals surface area contributed by atoms with Crippen LogP contribution in [0.2, 0.25) is 0 Å². The standard InChI is InChI=1S/C16H23N3/c1-11-6-7-12(2)14(8-11)9-16(17-4)15-10-19(5)18-13(15)3/h6-8,10,16-17H,9H2,1-5H3. The highest BCUT2D eigenvalue weighted by molar-refractivity contribution is 5.33. The lowest BCUT2D eigenvalue weighted by Crippen LogP contribution is -2.19. The van der Waals surface area contributed by atoms with E-state index in [2.05, 4.69) is 55.6 Å². The van der Waals surface area contributed by atoms with Gasteiger partial charge in [0.25, 0.3) is 0 Å². The quantitative estimate of drug-likeness (QED) is 0.912. The maximum Gasteiger partial charge on any atom is 0.0641 e. The highest BCUT2D eigenvalue weighted by Crippen LogP contribution is 2.23. The van der Waals surface area contributed by atoms with Gasteiger partial charge in [-0.2, -0.15) is 5.10 Å². The molecule has 1 unspecified atom stereocenters. The van der Waals surface area contributed by atoms with Gasteiger partial charge in [0, 0.05) is 24.8 Å². The minimum atomic E-state index is 0.314. The number of aromatic nitrogens is 2. The van der Waals surface area contributed by atoms with Crippen molar-refractivity contribution in [1.29, 1.82) is 0 Å². The molecule has 0 saturated heterocycles. The smallest absolute Gasteiger partial charge is 0.0641 e. The highest BCUT2D eigenvalue weighted by Gasteiger charge is 2.16. The van der Waals surface area contributed by atoms with Crippen molar-refractivity contribution in [1.82, 2.24) is 15.1 Å². The Morgan fingerprint density at radius 2 is 2.00 bits per heavy atom. The Labute approximate surface area is 115 Å². The fourth-order valence-corrected chi connectivity index (χ4v) is 2.57. The molecule has 3 nitrogen and oxygen atoms in total. The van der Waals surface area contributed by atoms with E-state index in [9.17, 15) is 0 Å². The van der Waals surface area contributed by atoms with E-state index in [1.54, 1.807) is 0 Å². The van der Waals surface area contributed by atoms with Gasteiger partial charge in [0.2, 0.25) is 0 Å². The molecule has 0 fully saturated rings. The molecule has 1 aromatic heterocycles. The molecule has 102 valence electrons. The third-order valence-corrected chi connectivity index (χ3v) is 3.70. The number of rotatable bonds is 4. The van der Waals surface area contributed by atoms with Crippen LogP contribution in [0.5, 0.6) is 0 Å². The highest BCUT2D eigenvalue weighted by atomic mass is 15.3. The number of aryl methyl sites for hydroxylation is 4. The number of likely N-dealkylation sites (N-methyl/N-ethyl adjacent to an activating group) is 1. The van der Waals surface area contributed by atoms with Gasteiger partial charge < -0.3 is 5.32 Å². The molecule has 1 aromatic carbocycles. The fraction of sp³-hybridized carbons (Fsp3) is 0.438. The van der Waals surface area contributed by atoms with E-state index < -0.39 is 0 Å². The second-order valence-corrected chi connectivity index (χ2v) is 5.32. The molecule has 2 rings (SSSR count). The summed E-state index contributed by atoms with van der Waals surface area (Å²) < 4.78 is 1.89. The summed E-state index contributed by atoms with van der Waals surface area (Å²) >= 11 is 0. The zero-order valence-corrected chi connectivity index (χ0v) is 12.5. The second kappa shape index (κ2) is 5.57. The summed E-state index contributed by atoms with van der Waals surface area (Å²) in [6.45, 7) is 6.40. The molecule has 19 heavy (non-hydrogen) atoms. The molecule has 0 spiro atoms. The van der Waals surface area contributed by atoms with Crippen molar-refractivity contribution in [3.05, 3.63) is 52.3 Å². The number of benzene rings is 1. The van der Waals surface area contributed by atoms with Gasteiger partial charge in [-0.1, -0.05) is 23.8 Å². The van der Waals surface area contributed by atoms with Gasteiger partial charge in [-0.25, -0.2) is 0 Å². The lowest BCUT2D eigenvalue weighted by Gasteiger charge is -2.17. The SMILES string of the molecule is CNC(Cc1cc(C)ccc1C)c1cn(C)nc1C. The Morgan fingerprint density at radius 3 is 2.58 bits per heavy atom. The number of hydrogen-bond acceptors (Lipinski definition) is 2. The van der Waals surface area contributed by atoms with E-state index in [1.807, 2.05) is 18.8 Å². The minimum Gasteiger partial charge on any atom is -0.313 e. The summed E-state index contributed by atoms with van der Waals surface area (Å²) in [5, 5.41) is 7.85. The summed E-state index contributed by atoms with van der Waals surface area (Å²) in [4.78, 5) is 0. The molecule has 0 aliphatic carbocycles. The lowest BCUT2D eigenvalue weighted by molar-refractivity contribution is 0.587. The molecule has 1 atom stereocenters. The van der Waals surface area contributed by atoms with E-state index >= 15 is 0 Å². The Hall–Kier alpha value is -1.61. The van der Waals surface area contributed by atoms with E-state index in [0.29, 0.717) is 6.04 Å². The first-order valence-electron chi connectivity index (χ1n) is 6.74. The summed E-state index contributed by atoms with van der Waals surface area (Å²) in [6.07, 6.45) is 3.11. The average molecular weight is 257 g/mol. The van der Waals surface area contributed by atoms with Crippen LogP contribution in [0.4, 0.5) is 0 Å². The van der Waals surface area contributed by atoms with Crippen LogP contribution in [0.15, 0.2) is 24.4 Å². The van der Waals surface area contributed by atoms with Gasteiger partial charge in [0.15, 0.2) is 0 Å². The van der Waals surface area contributed by atoms with E-state index in [-0.39, 0.29) is 0 Å². The van der Waals surface area contributed by atoms with Gasteiger partial charge in [-0.15, -0.1) is 0 Å². The number of hydrogen-bond donors (Lipinski definition) is 1. The van der Waals surface area contributed by atoms with Gasteiger partial charge in [-0.05, 0) is 45.4 Å². The van der Waals surface area contributed by atoms with Crippen molar-refractivity contribution in [2.45, 2.75) is 33.2 Å². The van der Waals surface area contributed by atoms with Crippen molar-refractivity contribution in [3.8, 4) is 0 Å². The summed E-state index contributed by atoms with van der Waals surface area (Å²) in [7, 11) is 3.99. The van der Waals surface area contributed by atoms with E-state index in [1.165, 1.54) is 22.3 Å². The first kappa shape index (κ1) is 13.8. The van der Waals surface area contributed by atoms with Crippen LogP contribution in [0.25, 0.3) is 0 Å². The van der Waals surface area contributed by atoms with Crippen LogP contribution >= 0.6 is 0 Å². The molecule has 2 aromatic rings. The Balaban J connectivity index is 2.29. The van der Waals surface area contributed by atoms with Crippen LogP contribution < -0.4 is 5.32 Å². The largest absolute Gasteiger partial charge is 0.313 e. The Kier molecular flexibility index (Phi) is 4.05. The van der Waals surface area contributed by atoms with Crippen LogP contribution in [0, 0.1) is 20.8 Å². The summed E-state index contributed by atoms with van der Waals surface area (Å²) in [6, 6.07) is 6.97. The molecule has 0 radical (unpaired) electrons. The Bertz CT molecular complexity index is 569. The maximum absolute atomic E-state index is 4.44. The van der Waals surface area contributed by atoms with Crippen LogP contribution in [-0.4, -0.2) is 16.8 Å². The zero-order chi connectivity index (χ0) is 14.0. The van der Waals surface area contributed by atoms with Crippen molar-refractivity contribution in [2.75, 3.05) is 7.05 Å². The molecule has 0 bridgehead atoms. The number of nitrogens with one attached hydrogen (secondary N) is 1. The van der Waals surface area contributed by atoms with E-state index in [0.717, 1.165) is 12.1 Å². The van der Waals surface area contributed by atoms with Crippen LogP contribution in [0.3, 0.4) is 0 Å². The van der Waals surface area contributed by atoms with Gasteiger partial charge in [0.1, 0.15) is 0 Å². The maximum atomic E-state index is 4.44. The van der Waals surface area contributed by atoms with Gasteiger partial charge in [0.05, 0.1) is 5.69 Å². The van der Waals surface area contributed by atoms with Gasteiger partial charge in [-0.3, -0.25) is 4.68 Å². The monoisotopic (exact) mass is 257 g/mol. The molecule has 1 N–H and O–H groups in total. The fourth-order valence-electron chi connectivity index (χ4n) is 2.57. The minimum absolute atomic E-state index is 0.314. The van der Waals surface area contributed by atoms with E-state index in [4.69, 9.17) is 0 Å². The molecule has 0 aliphatic heterocycles. The predicted molar refractivity (Wildman–Crippen MR) is 79.4 cm³/mol. The first-order valence-corrected chi connectivity index (χ1v) is 6.74. The van der Waals surface area contributed by atoms with Crippen molar-refractivity contribution in [2.24, 2.45) is 7.05 Å². The second-order valence-electron chi connectivity index (χ2n) is 5.32. The third kappa shape index (κ3) is 3.04. The van der Waals surface area contributed by atoms with Crippen LogP contribution in [-0.2, 0) is 13.5 Å². The molecule has 0 saturated carbocycles. The van der Waals surface area contributed by atoms with Crippen molar-refractivity contribution in [3.63, 3.8) is 0 Å². The molecule has 0 amide bonds. The lowest BCUT2D eigenvalue weighted by atomic mass is 9.95. The van der Waals surface area contributed by atoms with Gasteiger partial charge >= 0.3 is 0 Å². The Morgan fingerprint density at radius 1 is 1.26 bits per heavy atom. The average Bonchev–Trinajstić information content (AvgIpc) is 2.69. The van der Waals surface area contributed by atoms with Crippen molar-refractivity contribution < 1.29 is 0 Å². The van der Waals surface area contributed by atoms with Crippen LogP contribution in [0.1, 0.15) is 34.0 Å². The first-order chi connectivity index (χ1) is 9.01. The molecule has 3 heteroatoms. The zero-order valence-electron chi connectivity index (χ0n) is 12.5.